The number of hydrogen-bond donors (Lipinski definition) is 2. The van der Waals surface area contributed by atoms with Gasteiger partial charge in [-0.15, -0.1) is 0 Å². The van der Waals surface area contributed by atoms with Crippen molar-refractivity contribution in [3.63, 3.8) is 0 Å². The summed E-state index contributed by atoms with van der Waals surface area (Å²) in [5.74, 6) is 5.87. The molecule has 1 amide bonds. The van der Waals surface area contributed by atoms with Gasteiger partial charge in [0.05, 0.1) is 0 Å². The Morgan fingerprint density at radius 1 is 1.19 bits per heavy atom. The summed E-state index contributed by atoms with van der Waals surface area (Å²) >= 11 is 0. The second-order valence-corrected chi connectivity index (χ2v) is 6.74. The highest BCUT2D eigenvalue weighted by molar-refractivity contribution is 5.94. The van der Waals surface area contributed by atoms with Gasteiger partial charge in [0, 0.05) is 17.7 Å². The van der Waals surface area contributed by atoms with Gasteiger partial charge in [-0.2, -0.15) is 0 Å². The molecule has 1 aromatic carbocycles. The number of hydrogen-bond acceptors (Lipinski definition) is 2. The van der Waals surface area contributed by atoms with Crippen LogP contribution in [0.25, 0.3) is 0 Å². The zero-order valence-corrected chi connectivity index (χ0v) is 13.2. The average Bonchev–Trinajstić information content (AvgIpc) is 2.84. The van der Waals surface area contributed by atoms with Crippen LogP contribution < -0.4 is 5.32 Å². The highest BCUT2D eigenvalue weighted by atomic mass is 16.2. The Bertz CT molecular complexity index is 574. The van der Waals surface area contributed by atoms with E-state index in [4.69, 9.17) is 5.11 Å². The second-order valence-electron chi connectivity index (χ2n) is 6.74. The molecule has 3 heteroatoms. The highest BCUT2D eigenvalue weighted by Crippen LogP contribution is 2.67. The van der Waals surface area contributed by atoms with Crippen molar-refractivity contribution in [2.24, 2.45) is 16.7 Å². The molecule has 0 radical (unpaired) electrons. The molecule has 112 valence electrons. The van der Waals surface area contributed by atoms with Crippen LogP contribution in [0.5, 0.6) is 0 Å². The van der Waals surface area contributed by atoms with E-state index in [1.807, 2.05) is 0 Å². The fourth-order valence-corrected chi connectivity index (χ4v) is 2.99. The van der Waals surface area contributed by atoms with Crippen LogP contribution in [0.2, 0.25) is 0 Å². The van der Waals surface area contributed by atoms with Gasteiger partial charge in [0.25, 0.3) is 5.91 Å². The maximum Gasteiger partial charge on any atom is 0.251 e. The first-order valence-electron chi connectivity index (χ1n) is 7.28. The lowest BCUT2D eigenvalue weighted by atomic mass is 10.0. The van der Waals surface area contributed by atoms with Crippen molar-refractivity contribution >= 4 is 5.91 Å². The van der Waals surface area contributed by atoms with Crippen LogP contribution >= 0.6 is 0 Å². The van der Waals surface area contributed by atoms with Gasteiger partial charge >= 0.3 is 0 Å². The number of nitrogens with one attached hydrogen (secondary N) is 1. The standard InChI is InChI=1S/C18H23NO2/c1-17(2)15(18(17,3)4)12-19-16(21)14-9-7-13(8-10-14)6-5-11-20/h7-10,15,20H,11-12H2,1-4H3,(H,19,21). The summed E-state index contributed by atoms with van der Waals surface area (Å²) in [6.45, 7) is 9.55. The van der Waals surface area contributed by atoms with E-state index in [1.54, 1.807) is 24.3 Å². The lowest BCUT2D eigenvalue weighted by Crippen LogP contribution is -2.27. The predicted octanol–water partition coefficient (Wildman–Crippen LogP) is 2.44. The molecule has 0 heterocycles. The zero-order chi connectivity index (χ0) is 15.7. The SMILES string of the molecule is CC1(C)C(CNC(=O)c2ccc(C#CCO)cc2)C1(C)C. The topological polar surface area (TPSA) is 49.3 Å². The third-order valence-corrected chi connectivity index (χ3v) is 5.25. The van der Waals surface area contributed by atoms with Crippen LogP contribution in [0, 0.1) is 28.6 Å². The normalized spacial score (nSPS) is 18.5. The first-order valence-corrected chi connectivity index (χ1v) is 7.28. The van der Waals surface area contributed by atoms with Gasteiger partial charge in [-0.1, -0.05) is 39.5 Å². The zero-order valence-electron chi connectivity index (χ0n) is 13.2. The maximum absolute atomic E-state index is 12.1. The van der Waals surface area contributed by atoms with Crippen LogP contribution in [0.1, 0.15) is 43.6 Å². The molecule has 21 heavy (non-hydrogen) atoms. The van der Waals surface area contributed by atoms with E-state index >= 15 is 0 Å². The van der Waals surface area contributed by atoms with Crippen molar-refractivity contribution in [2.45, 2.75) is 27.7 Å². The molecular formula is C18H23NO2. The largest absolute Gasteiger partial charge is 0.384 e. The smallest absolute Gasteiger partial charge is 0.251 e. The van der Waals surface area contributed by atoms with E-state index in [2.05, 4.69) is 44.9 Å². The molecule has 1 aliphatic rings. The summed E-state index contributed by atoms with van der Waals surface area (Å²) in [5.41, 5.74) is 2.00. The molecule has 0 spiro atoms. The first kappa shape index (κ1) is 15.6. The molecule has 1 fully saturated rings. The fourth-order valence-electron chi connectivity index (χ4n) is 2.99. The molecule has 0 saturated heterocycles. The van der Waals surface area contributed by atoms with Gasteiger partial charge in [-0.3, -0.25) is 4.79 Å². The van der Waals surface area contributed by atoms with Crippen LogP contribution in [-0.4, -0.2) is 24.2 Å². The molecule has 1 saturated carbocycles. The van der Waals surface area contributed by atoms with E-state index in [0.717, 1.165) is 5.56 Å². The number of aliphatic hydroxyl groups excluding tert-OH is 1. The van der Waals surface area contributed by atoms with E-state index < -0.39 is 0 Å². The number of benzene rings is 1. The number of carbonyl (C=O) groups excluding carboxylic acids is 1. The van der Waals surface area contributed by atoms with Crippen LogP contribution in [0.4, 0.5) is 0 Å². The number of carbonyl (C=O) groups is 1. The molecule has 0 bridgehead atoms. The van der Waals surface area contributed by atoms with E-state index in [1.165, 1.54) is 0 Å². The van der Waals surface area contributed by atoms with Crippen LogP contribution in [0.3, 0.4) is 0 Å². The lowest BCUT2D eigenvalue weighted by Gasteiger charge is -2.06. The fraction of sp³-hybridized carbons (Fsp3) is 0.500. The molecule has 3 nitrogen and oxygen atoms in total. The van der Waals surface area contributed by atoms with Gasteiger partial charge in [-0.05, 0) is 41.0 Å². The highest BCUT2D eigenvalue weighted by Gasteiger charge is 2.64. The maximum atomic E-state index is 12.1. The minimum absolute atomic E-state index is 0.0461. The van der Waals surface area contributed by atoms with Crippen molar-refractivity contribution in [1.82, 2.24) is 5.32 Å². The van der Waals surface area contributed by atoms with Gasteiger partial charge in [0.15, 0.2) is 0 Å². The summed E-state index contributed by atoms with van der Waals surface area (Å²) < 4.78 is 0. The number of amides is 1. The summed E-state index contributed by atoms with van der Waals surface area (Å²) in [4.78, 5) is 12.1. The van der Waals surface area contributed by atoms with Crippen molar-refractivity contribution in [2.75, 3.05) is 13.2 Å². The van der Waals surface area contributed by atoms with Crippen molar-refractivity contribution < 1.29 is 9.90 Å². The van der Waals surface area contributed by atoms with Crippen molar-refractivity contribution in [3.8, 4) is 11.8 Å². The Hall–Kier alpha value is -1.79. The van der Waals surface area contributed by atoms with E-state index in [0.29, 0.717) is 18.0 Å². The Morgan fingerprint density at radius 3 is 2.24 bits per heavy atom. The summed E-state index contributed by atoms with van der Waals surface area (Å²) in [7, 11) is 0. The minimum atomic E-state index is -0.158. The molecule has 0 aliphatic heterocycles. The van der Waals surface area contributed by atoms with Gasteiger partial charge in [0.2, 0.25) is 0 Å². The number of rotatable bonds is 3. The first-order chi connectivity index (χ1) is 9.80. The summed E-state index contributed by atoms with van der Waals surface area (Å²) in [6, 6.07) is 7.12. The predicted molar refractivity (Wildman–Crippen MR) is 83.8 cm³/mol. The van der Waals surface area contributed by atoms with Gasteiger partial charge in [-0.25, -0.2) is 0 Å². The van der Waals surface area contributed by atoms with E-state index in [9.17, 15) is 4.79 Å². The minimum Gasteiger partial charge on any atom is -0.384 e. The molecule has 0 aromatic heterocycles. The van der Waals surface area contributed by atoms with Crippen LogP contribution in [-0.2, 0) is 0 Å². The van der Waals surface area contributed by atoms with E-state index in [-0.39, 0.29) is 23.3 Å². The molecule has 0 unspecified atom stereocenters. The lowest BCUT2D eigenvalue weighted by molar-refractivity contribution is 0.0950. The molecular weight excluding hydrogens is 262 g/mol. The Kier molecular flexibility index (Phi) is 4.11. The quantitative estimate of drug-likeness (QED) is 0.838. The average molecular weight is 285 g/mol. The van der Waals surface area contributed by atoms with Crippen molar-refractivity contribution in [3.05, 3.63) is 35.4 Å². The monoisotopic (exact) mass is 285 g/mol. The molecule has 2 rings (SSSR count). The third-order valence-electron chi connectivity index (χ3n) is 5.25. The molecule has 1 aromatic rings. The molecule has 0 atom stereocenters. The summed E-state index contributed by atoms with van der Waals surface area (Å²) in [6.07, 6.45) is 0. The Morgan fingerprint density at radius 2 is 1.76 bits per heavy atom. The van der Waals surface area contributed by atoms with Gasteiger partial charge in [0.1, 0.15) is 6.61 Å². The number of aliphatic hydroxyl groups is 1. The Balaban J connectivity index is 1.93. The van der Waals surface area contributed by atoms with Crippen molar-refractivity contribution in [1.29, 1.82) is 0 Å². The summed E-state index contributed by atoms with van der Waals surface area (Å²) in [5, 5.41) is 11.7. The van der Waals surface area contributed by atoms with Gasteiger partial charge < -0.3 is 10.4 Å². The van der Waals surface area contributed by atoms with Crippen LogP contribution in [0.15, 0.2) is 24.3 Å². The molecule has 1 aliphatic carbocycles. The Labute approximate surface area is 126 Å². The third kappa shape index (κ3) is 2.96. The molecule has 2 N–H and O–H groups in total. The second kappa shape index (κ2) is 5.54.